The molecular formula is C19H38N2. The number of nitrogens with zero attached hydrogens (tertiary/aromatic N) is 1. The van der Waals surface area contributed by atoms with Gasteiger partial charge in [0, 0.05) is 31.2 Å². The second-order valence-electron chi connectivity index (χ2n) is 7.58. The van der Waals surface area contributed by atoms with E-state index in [-0.39, 0.29) is 0 Å². The molecule has 1 saturated heterocycles. The summed E-state index contributed by atoms with van der Waals surface area (Å²) in [7, 11) is 0. The Morgan fingerprint density at radius 2 is 1.86 bits per heavy atom. The summed E-state index contributed by atoms with van der Waals surface area (Å²) in [6.07, 6.45) is 11.0. The summed E-state index contributed by atoms with van der Waals surface area (Å²) in [6, 6.07) is 0.778. The van der Waals surface area contributed by atoms with Crippen LogP contribution < -0.4 is 5.32 Å². The lowest BCUT2D eigenvalue weighted by Crippen LogP contribution is -2.65. The molecule has 0 bridgehead atoms. The fraction of sp³-hybridized carbons (Fsp3) is 1.00. The lowest BCUT2D eigenvalue weighted by atomic mass is 9.84. The lowest BCUT2D eigenvalue weighted by Gasteiger charge is -2.51. The minimum atomic E-state index is 0.422. The van der Waals surface area contributed by atoms with Crippen LogP contribution in [-0.2, 0) is 0 Å². The second-order valence-corrected chi connectivity index (χ2v) is 7.58. The van der Waals surface area contributed by atoms with Crippen molar-refractivity contribution >= 4 is 0 Å². The quantitative estimate of drug-likeness (QED) is 0.676. The van der Waals surface area contributed by atoms with Gasteiger partial charge in [-0.05, 0) is 43.9 Å². The van der Waals surface area contributed by atoms with Crippen molar-refractivity contribution in [3.8, 4) is 0 Å². The first-order chi connectivity index (χ1) is 10.2. The summed E-state index contributed by atoms with van der Waals surface area (Å²) in [5.74, 6) is 1.88. The van der Waals surface area contributed by atoms with Gasteiger partial charge < -0.3 is 5.32 Å². The summed E-state index contributed by atoms with van der Waals surface area (Å²) in [4.78, 5) is 2.90. The maximum absolute atomic E-state index is 3.90. The monoisotopic (exact) mass is 294 g/mol. The normalized spacial score (nSPS) is 27.7. The zero-order chi connectivity index (χ0) is 15.3. The zero-order valence-corrected chi connectivity index (χ0v) is 15.0. The Kier molecular flexibility index (Phi) is 6.55. The summed E-state index contributed by atoms with van der Waals surface area (Å²) in [6.45, 7) is 13.3. The predicted octanol–water partition coefficient (Wildman–Crippen LogP) is 4.45. The molecule has 1 N–H and O–H groups in total. The number of piperazine rings is 1. The third-order valence-corrected chi connectivity index (χ3v) is 6.31. The number of nitrogens with one attached hydrogen (secondary N) is 1. The van der Waals surface area contributed by atoms with Crippen molar-refractivity contribution in [2.45, 2.75) is 90.6 Å². The molecule has 0 aromatic carbocycles. The molecule has 0 spiro atoms. The Hall–Kier alpha value is -0.0800. The van der Waals surface area contributed by atoms with Gasteiger partial charge in [0.1, 0.15) is 0 Å². The van der Waals surface area contributed by atoms with Crippen LogP contribution in [0.1, 0.15) is 79.1 Å². The van der Waals surface area contributed by atoms with Crippen molar-refractivity contribution in [1.29, 1.82) is 0 Å². The SMILES string of the molecule is CCCCC(CC)CN1CC(C2CC2)NCC1(CC)CC. The van der Waals surface area contributed by atoms with Crippen molar-refractivity contribution in [1.82, 2.24) is 10.2 Å². The van der Waals surface area contributed by atoms with Crippen LogP contribution in [0.5, 0.6) is 0 Å². The molecule has 124 valence electrons. The average Bonchev–Trinajstić information content (AvgIpc) is 3.36. The Morgan fingerprint density at radius 1 is 1.14 bits per heavy atom. The van der Waals surface area contributed by atoms with E-state index in [2.05, 4.69) is 37.9 Å². The van der Waals surface area contributed by atoms with E-state index in [1.165, 1.54) is 71.0 Å². The molecule has 1 heterocycles. The van der Waals surface area contributed by atoms with Crippen LogP contribution in [0.2, 0.25) is 0 Å². The molecule has 1 saturated carbocycles. The van der Waals surface area contributed by atoms with Gasteiger partial charge in [-0.25, -0.2) is 0 Å². The van der Waals surface area contributed by atoms with Crippen LogP contribution in [-0.4, -0.2) is 36.1 Å². The summed E-state index contributed by atoms with van der Waals surface area (Å²) >= 11 is 0. The highest BCUT2D eigenvalue weighted by Gasteiger charge is 2.43. The molecule has 1 aliphatic carbocycles. The third kappa shape index (κ3) is 4.22. The molecule has 2 rings (SSSR count). The highest BCUT2D eigenvalue weighted by atomic mass is 15.3. The van der Waals surface area contributed by atoms with Gasteiger partial charge in [-0.3, -0.25) is 4.90 Å². The first-order valence-electron chi connectivity index (χ1n) is 9.67. The molecule has 0 radical (unpaired) electrons. The maximum atomic E-state index is 3.90. The third-order valence-electron chi connectivity index (χ3n) is 6.31. The van der Waals surface area contributed by atoms with E-state index >= 15 is 0 Å². The molecule has 2 atom stereocenters. The van der Waals surface area contributed by atoms with E-state index in [1.807, 2.05) is 0 Å². The van der Waals surface area contributed by atoms with Crippen molar-refractivity contribution in [3.05, 3.63) is 0 Å². The molecule has 21 heavy (non-hydrogen) atoms. The minimum Gasteiger partial charge on any atom is -0.311 e. The highest BCUT2D eigenvalue weighted by molar-refractivity contribution is 5.01. The Morgan fingerprint density at radius 3 is 2.38 bits per heavy atom. The number of unbranched alkanes of at least 4 members (excludes halogenated alkanes) is 1. The standard InChI is InChI=1S/C19H38N2/c1-5-9-10-16(6-2)13-21-14-18(17-11-12-17)20-15-19(21,7-3)8-4/h16-18,20H,5-15H2,1-4H3. The molecule has 0 aromatic heterocycles. The predicted molar refractivity (Wildman–Crippen MR) is 92.7 cm³/mol. The average molecular weight is 295 g/mol. The van der Waals surface area contributed by atoms with Crippen LogP contribution in [0.3, 0.4) is 0 Å². The molecule has 2 nitrogen and oxygen atoms in total. The molecule has 2 fully saturated rings. The van der Waals surface area contributed by atoms with Gasteiger partial charge in [0.2, 0.25) is 0 Å². The van der Waals surface area contributed by atoms with Gasteiger partial charge in [-0.15, -0.1) is 0 Å². The van der Waals surface area contributed by atoms with E-state index in [9.17, 15) is 0 Å². The summed E-state index contributed by atoms with van der Waals surface area (Å²) in [5.41, 5.74) is 0.422. The molecule has 2 aliphatic rings. The number of rotatable bonds is 9. The first-order valence-corrected chi connectivity index (χ1v) is 9.67. The van der Waals surface area contributed by atoms with Gasteiger partial charge in [0.15, 0.2) is 0 Å². The van der Waals surface area contributed by atoms with Crippen molar-refractivity contribution in [3.63, 3.8) is 0 Å². The molecule has 0 aromatic rings. The molecular weight excluding hydrogens is 256 g/mol. The Bertz CT molecular complexity index is 294. The van der Waals surface area contributed by atoms with Gasteiger partial charge in [0.25, 0.3) is 0 Å². The maximum Gasteiger partial charge on any atom is 0.0329 e. The van der Waals surface area contributed by atoms with Crippen molar-refractivity contribution in [2.75, 3.05) is 19.6 Å². The van der Waals surface area contributed by atoms with Crippen LogP contribution in [0, 0.1) is 11.8 Å². The topological polar surface area (TPSA) is 15.3 Å². The van der Waals surface area contributed by atoms with Gasteiger partial charge in [-0.1, -0.05) is 47.0 Å². The van der Waals surface area contributed by atoms with Crippen LogP contribution in [0.15, 0.2) is 0 Å². The fourth-order valence-corrected chi connectivity index (χ4v) is 4.19. The smallest absolute Gasteiger partial charge is 0.0329 e. The van der Waals surface area contributed by atoms with E-state index in [0.717, 1.165) is 17.9 Å². The Balaban J connectivity index is 2.00. The largest absolute Gasteiger partial charge is 0.311 e. The fourth-order valence-electron chi connectivity index (χ4n) is 4.19. The van der Waals surface area contributed by atoms with Gasteiger partial charge in [0.05, 0.1) is 0 Å². The van der Waals surface area contributed by atoms with E-state index in [0.29, 0.717) is 5.54 Å². The molecule has 2 heteroatoms. The van der Waals surface area contributed by atoms with Crippen molar-refractivity contribution in [2.24, 2.45) is 11.8 Å². The van der Waals surface area contributed by atoms with Crippen LogP contribution in [0.4, 0.5) is 0 Å². The summed E-state index contributed by atoms with van der Waals surface area (Å²) < 4.78 is 0. The second kappa shape index (κ2) is 7.97. The number of hydrogen-bond donors (Lipinski definition) is 1. The zero-order valence-electron chi connectivity index (χ0n) is 15.0. The minimum absolute atomic E-state index is 0.422. The van der Waals surface area contributed by atoms with Crippen LogP contribution >= 0.6 is 0 Å². The molecule has 0 amide bonds. The van der Waals surface area contributed by atoms with Gasteiger partial charge in [-0.2, -0.15) is 0 Å². The summed E-state index contributed by atoms with van der Waals surface area (Å²) in [5, 5.41) is 3.90. The van der Waals surface area contributed by atoms with Gasteiger partial charge >= 0.3 is 0 Å². The van der Waals surface area contributed by atoms with Crippen LogP contribution in [0.25, 0.3) is 0 Å². The van der Waals surface area contributed by atoms with Crippen molar-refractivity contribution < 1.29 is 0 Å². The van der Waals surface area contributed by atoms with E-state index in [4.69, 9.17) is 0 Å². The Labute approximate surface area is 133 Å². The lowest BCUT2D eigenvalue weighted by molar-refractivity contribution is 0.0129. The molecule has 1 aliphatic heterocycles. The molecule has 2 unspecified atom stereocenters. The van der Waals surface area contributed by atoms with E-state index in [1.54, 1.807) is 0 Å². The highest BCUT2D eigenvalue weighted by Crippen LogP contribution is 2.37. The number of hydrogen-bond acceptors (Lipinski definition) is 2. The van der Waals surface area contributed by atoms with E-state index < -0.39 is 0 Å². The first kappa shape index (κ1) is 17.3.